The molecule has 104 valence electrons. The lowest BCUT2D eigenvalue weighted by molar-refractivity contribution is -0.137. The van der Waals surface area contributed by atoms with Crippen LogP contribution in [-0.4, -0.2) is 40.1 Å². The van der Waals surface area contributed by atoms with Gasteiger partial charge in [-0.1, -0.05) is 13.0 Å². The van der Waals surface area contributed by atoms with E-state index < -0.39 is 5.97 Å². The van der Waals surface area contributed by atoms with Crippen LogP contribution in [0.1, 0.15) is 24.7 Å². The number of carbonyl (C=O) groups excluding carboxylic acids is 1. The Balaban J connectivity index is 2.54. The number of aliphatic carboxylic acids is 1. The Morgan fingerprint density at radius 3 is 2.74 bits per heavy atom. The molecule has 1 aromatic heterocycles. The summed E-state index contributed by atoms with van der Waals surface area (Å²) < 4.78 is 0. The van der Waals surface area contributed by atoms with Crippen molar-refractivity contribution in [3.8, 4) is 0 Å². The van der Waals surface area contributed by atoms with Gasteiger partial charge in [-0.05, 0) is 25.5 Å². The molecule has 0 atom stereocenters. The van der Waals surface area contributed by atoms with Crippen molar-refractivity contribution in [2.75, 3.05) is 13.1 Å². The van der Waals surface area contributed by atoms with Crippen LogP contribution < -0.4 is 5.32 Å². The van der Waals surface area contributed by atoms with Gasteiger partial charge in [-0.25, -0.2) is 4.79 Å². The molecule has 6 heteroatoms. The molecular weight excluding hydrogens is 246 g/mol. The molecule has 0 saturated carbocycles. The van der Waals surface area contributed by atoms with E-state index in [0.717, 1.165) is 11.4 Å². The van der Waals surface area contributed by atoms with Gasteiger partial charge in [0.2, 0.25) is 0 Å². The van der Waals surface area contributed by atoms with Gasteiger partial charge in [0.1, 0.15) is 6.54 Å². The summed E-state index contributed by atoms with van der Waals surface area (Å²) in [5.74, 6) is -1.02. The SMILES string of the molecule is CCCN(CC(=O)O)C(=O)NCc1cccc(C)n1. The van der Waals surface area contributed by atoms with E-state index in [-0.39, 0.29) is 12.6 Å². The van der Waals surface area contributed by atoms with E-state index >= 15 is 0 Å². The van der Waals surface area contributed by atoms with Gasteiger partial charge in [0.15, 0.2) is 0 Å². The summed E-state index contributed by atoms with van der Waals surface area (Å²) in [5, 5.41) is 11.4. The number of carbonyl (C=O) groups is 2. The number of pyridine rings is 1. The second-order valence-electron chi connectivity index (χ2n) is 4.24. The second kappa shape index (κ2) is 7.35. The Hall–Kier alpha value is -2.11. The van der Waals surface area contributed by atoms with Gasteiger partial charge >= 0.3 is 12.0 Å². The van der Waals surface area contributed by atoms with E-state index in [4.69, 9.17) is 5.11 Å². The van der Waals surface area contributed by atoms with Crippen LogP contribution in [0.15, 0.2) is 18.2 Å². The summed E-state index contributed by atoms with van der Waals surface area (Å²) >= 11 is 0. The molecule has 0 saturated heterocycles. The van der Waals surface area contributed by atoms with Crippen LogP contribution in [0.3, 0.4) is 0 Å². The molecule has 0 spiro atoms. The molecule has 0 unspecified atom stereocenters. The summed E-state index contributed by atoms with van der Waals surface area (Å²) in [6.07, 6.45) is 0.712. The zero-order valence-electron chi connectivity index (χ0n) is 11.2. The van der Waals surface area contributed by atoms with Gasteiger partial charge in [0, 0.05) is 12.2 Å². The van der Waals surface area contributed by atoms with Crippen molar-refractivity contribution in [3.63, 3.8) is 0 Å². The second-order valence-corrected chi connectivity index (χ2v) is 4.24. The monoisotopic (exact) mass is 265 g/mol. The third-order valence-electron chi connectivity index (χ3n) is 2.47. The number of rotatable bonds is 6. The minimum Gasteiger partial charge on any atom is -0.480 e. The maximum Gasteiger partial charge on any atom is 0.323 e. The minimum atomic E-state index is -1.02. The lowest BCUT2D eigenvalue weighted by Crippen LogP contribution is -2.42. The Kier molecular flexibility index (Phi) is 5.78. The van der Waals surface area contributed by atoms with Gasteiger partial charge < -0.3 is 15.3 Å². The van der Waals surface area contributed by atoms with Crippen molar-refractivity contribution in [1.29, 1.82) is 0 Å². The predicted octanol–water partition coefficient (Wildman–Crippen LogP) is 1.40. The predicted molar refractivity (Wildman–Crippen MR) is 70.7 cm³/mol. The Morgan fingerprint density at radius 1 is 1.42 bits per heavy atom. The van der Waals surface area contributed by atoms with Crippen molar-refractivity contribution >= 4 is 12.0 Å². The van der Waals surface area contributed by atoms with Gasteiger partial charge in [0.05, 0.1) is 12.2 Å². The molecule has 0 radical (unpaired) electrons. The third-order valence-corrected chi connectivity index (χ3v) is 2.47. The fraction of sp³-hybridized carbons (Fsp3) is 0.462. The molecule has 0 aliphatic rings. The average Bonchev–Trinajstić information content (AvgIpc) is 2.35. The molecule has 1 rings (SSSR count). The Morgan fingerprint density at radius 2 is 2.16 bits per heavy atom. The summed E-state index contributed by atoms with van der Waals surface area (Å²) in [6.45, 7) is 4.18. The smallest absolute Gasteiger partial charge is 0.323 e. The number of carboxylic acids is 1. The zero-order chi connectivity index (χ0) is 14.3. The van der Waals surface area contributed by atoms with Gasteiger partial charge in [-0.2, -0.15) is 0 Å². The van der Waals surface area contributed by atoms with Crippen molar-refractivity contribution in [2.45, 2.75) is 26.8 Å². The summed E-state index contributed by atoms with van der Waals surface area (Å²) in [7, 11) is 0. The first kappa shape index (κ1) is 14.9. The van der Waals surface area contributed by atoms with Crippen molar-refractivity contribution < 1.29 is 14.7 Å². The highest BCUT2D eigenvalue weighted by atomic mass is 16.4. The molecule has 6 nitrogen and oxygen atoms in total. The van der Waals surface area contributed by atoms with Crippen LogP contribution in [0.25, 0.3) is 0 Å². The summed E-state index contributed by atoms with van der Waals surface area (Å²) in [6, 6.07) is 5.17. The number of nitrogens with zero attached hydrogens (tertiary/aromatic N) is 2. The molecule has 1 aromatic rings. The Bertz CT molecular complexity index is 449. The maximum atomic E-state index is 11.9. The normalized spacial score (nSPS) is 10.0. The van der Waals surface area contributed by atoms with Crippen molar-refractivity contribution in [3.05, 3.63) is 29.6 Å². The molecule has 0 aliphatic carbocycles. The number of aromatic nitrogens is 1. The number of aryl methyl sites for hydroxylation is 1. The molecule has 0 bridgehead atoms. The lowest BCUT2D eigenvalue weighted by Gasteiger charge is -2.20. The summed E-state index contributed by atoms with van der Waals surface area (Å²) in [5.41, 5.74) is 1.63. The van der Waals surface area contributed by atoms with Gasteiger partial charge in [-0.15, -0.1) is 0 Å². The molecule has 0 fully saturated rings. The highest BCUT2D eigenvalue weighted by molar-refractivity contribution is 5.80. The molecule has 2 N–H and O–H groups in total. The summed E-state index contributed by atoms with van der Waals surface area (Å²) in [4.78, 5) is 28.1. The number of amides is 2. The minimum absolute atomic E-state index is 0.291. The largest absolute Gasteiger partial charge is 0.480 e. The number of nitrogens with one attached hydrogen (secondary N) is 1. The number of hydrogen-bond donors (Lipinski definition) is 2. The first-order valence-corrected chi connectivity index (χ1v) is 6.20. The van der Waals surface area contributed by atoms with E-state index in [2.05, 4.69) is 10.3 Å². The van der Waals surface area contributed by atoms with Crippen LogP contribution in [-0.2, 0) is 11.3 Å². The van der Waals surface area contributed by atoms with E-state index in [1.165, 1.54) is 4.90 Å². The molecule has 1 heterocycles. The van der Waals surface area contributed by atoms with Crippen LogP contribution >= 0.6 is 0 Å². The van der Waals surface area contributed by atoms with E-state index in [1.54, 1.807) is 0 Å². The van der Waals surface area contributed by atoms with Crippen LogP contribution in [0.5, 0.6) is 0 Å². The van der Waals surface area contributed by atoms with E-state index in [1.807, 2.05) is 32.0 Å². The van der Waals surface area contributed by atoms with Crippen LogP contribution in [0, 0.1) is 6.92 Å². The average molecular weight is 265 g/mol. The first-order chi connectivity index (χ1) is 9.02. The van der Waals surface area contributed by atoms with Crippen LogP contribution in [0.2, 0.25) is 0 Å². The topological polar surface area (TPSA) is 82.5 Å². The van der Waals surface area contributed by atoms with Gasteiger partial charge in [-0.3, -0.25) is 9.78 Å². The number of carboxylic acid groups (broad SMARTS) is 1. The Labute approximate surface area is 112 Å². The van der Waals surface area contributed by atoms with Gasteiger partial charge in [0.25, 0.3) is 0 Å². The number of hydrogen-bond acceptors (Lipinski definition) is 3. The molecule has 0 aromatic carbocycles. The highest BCUT2D eigenvalue weighted by Gasteiger charge is 2.15. The maximum absolute atomic E-state index is 11.9. The molecule has 19 heavy (non-hydrogen) atoms. The fourth-order valence-electron chi connectivity index (χ4n) is 1.66. The highest BCUT2D eigenvalue weighted by Crippen LogP contribution is 1.99. The van der Waals surface area contributed by atoms with Crippen LogP contribution in [0.4, 0.5) is 4.79 Å². The van der Waals surface area contributed by atoms with E-state index in [9.17, 15) is 9.59 Å². The molecule has 0 aliphatic heterocycles. The first-order valence-electron chi connectivity index (χ1n) is 6.20. The lowest BCUT2D eigenvalue weighted by atomic mass is 10.3. The molecular formula is C13H19N3O3. The quantitative estimate of drug-likeness (QED) is 0.814. The zero-order valence-corrected chi connectivity index (χ0v) is 11.2. The fourth-order valence-corrected chi connectivity index (χ4v) is 1.66. The molecule has 2 amide bonds. The third kappa shape index (κ3) is 5.37. The van der Waals surface area contributed by atoms with Crippen molar-refractivity contribution in [1.82, 2.24) is 15.2 Å². The van der Waals surface area contributed by atoms with E-state index in [0.29, 0.717) is 19.5 Å². The number of urea groups is 1. The van der Waals surface area contributed by atoms with Crippen molar-refractivity contribution in [2.24, 2.45) is 0 Å². The standard InChI is InChI=1S/C13H19N3O3/c1-3-7-16(9-12(17)18)13(19)14-8-11-6-4-5-10(2)15-11/h4-6H,3,7-9H2,1-2H3,(H,14,19)(H,17,18).